The molecule has 2 atom stereocenters. The molecule has 3 aromatic rings. The normalized spacial score (nSPS) is 13.9. The van der Waals surface area contributed by atoms with Crippen molar-refractivity contribution in [2.45, 2.75) is 51.2 Å². The first-order valence-electron chi connectivity index (χ1n) is 11.3. The Morgan fingerprint density at radius 3 is 1.65 bits per heavy atom. The molecule has 0 bridgehead atoms. The molecule has 0 radical (unpaired) electrons. The van der Waals surface area contributed by atoms with Crippen LogP contribution in [0.2, 0.25) is 0 Å². The molecule has 0 spiro atoms. The summed E-state index contributed by atoms with van der Waals surface area (Å²) in [4.78, 5) is 0. The van der Waals surface area contributed by atoms with Gasteiger partial charge in [0.2, 0.25) is 0 Å². The summed E-state index contributed by atoms with van der Waals surface area (Å²) in [7, 11) is 0. The molecule has 1 nitrogen and oxygen atoms in total. The molecule has 0 aromatic heterocycles. The summed E-state index contributed by atoms with van der Waals surface area (Å²) >= 11 is 2.31. The van der Waals surface area contributed by atoms with E-state index in [1.54, 1.807) is 0 Å². The molecule has 0 saturated heterocycles. The van der Waals surface area contributed by atoms with Crippen molar-refractivity contribution < 1.29 is 4.74 Å². The van der Waals surface area contributed by atoms with E-state index in [0.29, 0.717) is 5.92 Å². The van der Waals surface area contributed by atoms with Gasteiger partial charge >= 0.3 is 0 Å². The molecular formula is C29H33IO. The van der Waals surface area contributed by atoms with Gasteiger partial charge in [0, 0.05) is 0 Å². The Balaban J connectivity index is 2.18. The monoisotopic (exact) mass is 524 g/mol. The lowest BCUT2D eigenvalue weighted by Gasteiger charge is -2.40. The minimum atomic E-state index is -0.659. The van der Waals surface area contributed by atoms with Crippen LogP contribution in [0.4, 0.5) is 0 Å². The molecule has 0 aliphatic heterocycles. The van der Waals surface area contributed by atoms with E-state index in [9.17, 15) is 0 Å². The third kappa shape index (κ3) is 5.87. The smallest absolute Gasteiger partial charge is 0.144 e. The first kappa shape index (κ1) is 23.7. The number of hydrogen-bond donors (Lipinski definition) is 0. The zero-order valence-electron chi connectivity index (χ0n) is 18.6. The predicted octanol–water partition coefficient (Wildman–Crippen LogP) is 8.53. The van der Waals surface area contributed by atoms with E-state index in [1.807, 2.05) is 0 Å². The second kappa shape index (κ2) is 12.2. The van der Waals surface area contributed by atoms with Crippen LogP contribution in [0.1, 0.15) is 56.2 Å². The van der Waals surface area contributed by atoms with Crippen molar-refractivity contribution in [3.05, 3.63) is 118 Å². The maximum atomic E-state index is 7.30. The highest BCUT2D eigenvalue weighted by atomic mass is 127. The predicted molar refractivity (Wildman–Crippen MR) is 141 cm³/mol. The van der Waals surface area contributed by atoms with Gasteiger partial charge in [-0.2, -0.15) is 0 Å². The van der Waals surface area contributed by atoms with E-state index < -0.39 is 5.60 Å². The Bertz CT molecular complexity index is 809. The average Bonchev–Trinajstić information content (AvgIpc) is 2.84. The summed E-state index contributed by atoms with van der Waals surface area (Å²) in [5.74, 6) is 0.461. The van der Waals surface area contributed by atoms with Crippen LogP contribution in [0.25, 0.3) is 0 Å². The second-order valence-electron chi connectivity index (χ2n) is 8.15. The van der Waals surface area contributed by atoms with Crippen molar-refractivity contribution in [2.75, 3.05) is 0 Å². The minimum absolute atomic E-state index is 0.109. The SMILES string of the molecule is CCCCC(C)C(CC=CI)OC(c1ccccc1)(c1ccccc1)c1ccccc1. The number of hydrogen-bond acceptors (Lipinski definition) is 1. The van der Waals surface area contributed by atoms with Gasteiger partial charge in [0.05, 0.1) is 6.10 Å². The van der Waals surface area contributed by atoms with Crippen molar-refractivity contribution in [2.24, 2.45) is 5.92 Å². The third-order valence-corrected chi connectivity index (χ3v) is 6.48. The number of halogens is 1. The van der Waals surface area contributed by atoms with Crippen LogP contribution in [-0.4, -0.2) is 6.10 Å². The Hall–Kier alpha value is -1.91. The highest BCUT2D eigenvalue weighted by Crippen LogP contribution is 2.43. The summed E-state index contributed by atoms with van der Waals surface area (Å²) in [6.07, 6.45) is 6.86. The van der Waals surface area contributed by atoms with E-state index in [2.05, 4.69) is 138 Å². The Morgan fingerprint density at radius 2 is 1.26 bits per heavy atom. The van der Waals surface area contributed by atoms with Gasteiger partial charge in [-0.15, -0.1) is 0 Å². The van der Waals surface area contributed by atoms with E-state index in [1.165, 1.54) is 36.0 Å². The molecule has 0 aliphatic rings. The molecular weight excluding hydrogens is 491 g/mol. The van der Waals surface area contributed by atoms with Crippen LogP contribution in [0.15, 0.2) is 101 Å². The quantitative estimate of drug-likeness (QED) is 0.180. The lowest BCUT2D eigenvalue weighted by Crippen LogP contribution is -2.39. The van der Waals surface area contributed by atoms with E-state index in [0.717, 1.165) is 6.42 Å². The zero-order valence-corrected chi connectivity index (χ0v) is 20.7. The average molecular weight is 524 g/mol. The van der Waals surface area contributed by atoms with Gasteiger partial charge in [0.1, 0.15) is 5.60 Å². The van der Waals surface area contributed by atoms with E-state index in [-0.39, 0.29) is 6.10 Å². The molecule has 2 unspecified atom stereocenters. The highest BCUT2D eigenvalue weighted by Gasteiger charge is 2.40. The molecule has 3 aromatic carbocycles. The summed E-state index contributed by atoms with van der Waals surface area (Å²) < 4.78 is 9.41. The van der Waals surface area contributed by atoms with Gasteiger partial charge in [-0.1, -0.05) is 146 Å². The summed E-state index contributed by atoms with van der Waals surface area (Å²) in [6.45, 7) is 4.60. The molecule has 31 heavy (non-hydrogen) atoms. The molecule has 2 heteroatoms. The lowest BCUT2D eigenvalue weighted by atomic mass is 9.79. The van der Waals surface area contributed by atoms with Gasteiger partial charge < -0.3 is 4.74 Å². The molecule has 162 valence electrons. The number of ether oxygens (including phenoxy) is 1. The van der Waals surface area contributed by atoms with Gasteiger partial charge in [-0.05, 0) is 39.5 Å². The number of unbranched alkanes of at least 4 members (excludes halogenated alkanes) is 1. The second-order valence-corrected chi connectivity index (χ2v) is 8.87. The Morgan fingerprint density at radius 1 is 0.806 bits per heavy atom. The fourth-order valence-electron chi connectivity index (χ4n) is 4.24. The molecule has 0 N–H and O–H groups in total. The Labute approximate surface area is 201 Å². The first-order valence-corrected chi connectivity index (χ1v) is 12.6. The standard InChI is InChI=1S/C29H33IO/c1-3-4-15-24(2)28(22-14-23-30)31-29(25-16-8-5-9-17-25,26-18-10-6-11-19-26)27-20-12-7-13-21-27/h5-14,16-21,23-24,28H,3-4,15,22H2,1-2H3. The van der Waals surface area contributed by atoms with Crippen molar-refractivity contribution in [1.29, 1.82) is 0 Å². The summed E-state index contributed by atoms with van der Waals surface area (Å²) in [6, 6.07) is 32.1. The maximum Gasteiger partial charge on any atom is 0.144 e. The number of benzene rings is 3. The summed E-state index contributed by atoms with van der Waals surface area (Å²) in [5.41, 5.74) is 2.84. The van der Waals surface area contributed by atoms with Crippen molar-refractivity contribution in [3.8, 4) is 0 Å². The first-order chi connectivity index (χ1) is 15.2. The van der Waals surface area contributed by atoms with Crippen molar-refractivity contribution >= 4 is 22.6 Å². The van der Waals surface area contributed by atoms with Gasteiger partial charge in [-0.25, -0.2) is 0 Å². The molecule has 0 saturated carbocycles. The summed E-state index contributed by atoms with van der Waals surface area (Å²) in [5, 5.41) is 0. The van der Waals surface area contributed by atoms with E-state index in [4.69, 9.17) is 4.74 Å². The zero-order chi connectivity index (χ0) is 21.9. The van der Waals surface area contributed by atoms with Crippen molar-refractivity contribution in [1.82, 2.24) is 0 Å². The van der Waals surface area contributed by atoms with Crippen LogP contribution in [0.3, 0.4) is 0 Å². The van der Waals surface area contributed by atoms with Crippen LogP contribution >= 0.6 is 22.6 Å². The molecule has 3 rings (SSSR count). The molecule has 0 aliphatic carbocycles. The van der Waals surface area contributed by atoms with Crippen molar-refractivity contribution in [3.63, 3.8) is 0 Å². The van der Waals surface area contributed by atoms with Crippen LogP contribution in [0.5, 0.6) is 0 Å². The van der Waals surface area contributed by atoms with Gasteiger partial charge in [0.15, 0.2) is 0 Å². The van der Waals surface area contributed by atoms with Gasteiger partial charge in [0.25, 0.3) is 0 Å². The fourth-order valence-corrected chi connectivity index (χ4v) is 4.54. The van der Waals surface area contributed by atoms with Gasteiger partial charge in [-0.3, -0.25) is 0 Å². The largest absolute Gasteiger partial charge is 0.357 e. The fraction of sp³-hybridized carbons (Fsp3) is 0.310. The molecule has 0 amide bonds. The topological polar surface area (TPSA) is 9.23 Å². The number of rotatable bonds is 11. The van der Waals surface area contributed by atoms with E-state index >= 15 is 0 Å². The minimum Gasteiger partial charge on any atom is -0.357 e. The van der Waals surface area contributed by atoms with Crippen LogP contribution < -0.4 is 0 Å². The highest BCUT2D eigenvalue weighted by molar-refractivity contribution is 14.1. The van der Waals surface area contributed by atoms with Crippen LogP contribution in [0, 0.1) is 5.92 Å². The Kier molecular flexibility index (Phi) is 9.35. The lowest BCUT2D eigenvalue weighted by molar-refractivity contribution is -0.0713. The molecule has 0 heterocycles. The maximum absolute atomic E-state index is 7.30. The third-order valence-electron chi connectivity index (χ3n) is 5.97. The molecule has 0 fully saturated rings. The van der Waals surface area contributed by atoms with Crippen LogP contribution in [-0.2, 0) is 10.3 Å².